The third-order valence-corrected chi connectivity index (χ3v) is 4.94. The lowest BCUT2D eigenvalue weighted by atomic mass is 10.1. The molecule has 1 amide bonds. The summed E-state index contributed by atoms with van der Waals surface area (Å²) in [5.41, 5.74) is 3.60. The van der Waals surface area contributed by atoms with Gasteiger partial charge in [0.25, 0.3) is 0 Å². The van der Waals surface area contributed by atoms with E-state index in [-0.39, 0.29) is 11.8 Å². The Morgan fingerprint density at radius 1 is 1.13 bits per heavy atom. The van der Waals surface area contributed by atoms with E-state index < -0.39 is 0 Å². The lowest BCUT2D eigenvalue weighted by Crippen LogP contribution is -2.14. The van der Waals surface area contributed by atoms with Crippen molar-refractivity contribution in [1.29, 1.82) is 0 Å². The molecule has 0 aliphatic carbocycles. The summed E-state index contributed by atoms with van der Waals surface area (Å²) >= 11 is 0. The van der Waals surface area contributed by atoms with Crippen LogP contribution in [0.15, 0.2) is 53.2 Å². The van der Waals surface area contributed by atoms with Crippen molar-refractivity contribution in [2.24, 2.45) is 0 Å². The number of pyridine rings is 1. The second-order valence-electron chi connectivity index (χ2n) is 7.66. The maximum absolute atomic E-state index is 12.7. The fraction of sp³-hybridized carbons (Fsp3) is 0.304. The molecule has 0 radical (unpaired) electrons. The maximum atomic E-state index is 12.7. The van der Waals surface area contributed by atoms with Crippen molar-refractivity contribution in [2.75, 3.05) is 5.32 Å². The zero-order valence-electron chi connectivity index (χ0n) is 17.4. The van der Waals surface area contributed by atoms with Crippen molar-refractivity contribution in [3.05, 3.63) is 65.9 Å². The summed E-state index contributed by atoms with van der Waals surface area (Å²) < 4.78 is 7.19. The van der Waals surface area contributed by atoms with Gasteiger partial charge >= 0.3 is 0 Å². The number of amides is 1. The molecule has 4 aromatic rings. The SMILES string of the molecule is Cc1cccn2c(NC(=O)CCCc3nc(C(C)C)no3)c(-c3ccccc3)nc12. The first kappa shape index (κ1) is 19.8. The van der Waals surface area contributed by atoms with E-state index in [1.807, 2.05) is 73.8 Å². The number of carbonyl (C=O) groups is 1. The molecule has 0 atom stereocenters. The minimum absolute atomic E-state index is 0.0703. The molecule has 7 heteroatoms. The van der Waals surface area contributed by atoms with Crippen LogP contribution >= 0.6 is 0 Å². The van der Waals surface area contributed by atoms with Gasteiger partial charge in [-0.15, -0.1) is 0 Å². The van der Waals surface area contributed by atoms with E-state index in [0.29, 0.717) is 36.8 Å². The van der Waals surface area contributed by atoms with Crippen molar-refractivity contribution >= 4 is 17.4 Å². The molecular weight excluding hydrogens is 378 g/mol. The van der Waals surface area contributed by atoms with Crippen molar-refractivity contribution in [1.82, 2.24) is 19.5 Å². The van der Waals surface area contributed by atoms with Gasteiger partial charge < -0.3 is 9.84 Å². The third-order valence-electron chi connectivity index (χ3n) is 4.94. The summed E-state index contributed by atoms with van der Waals surface area (Å²) in [6, 6.07) is 13.9. The summed E-state index contributed by atoms with van der Waals surface area (Å²) in [4.78, 5) is 21.9. The number of aryl methyl sites for hydroxylation is 2. The zero-order chi connectivity index (χ0) is 21.1. The van der Waals surface area contributed by atoms with Gasteiger partial charge in [0.15, 0.2) is 5.82 Å². The first-order valence-electron chi connectivity index (χ1n) is 10.2. The molecule has 3 heterocycles. The third kappa shape index (κ3) is 4.10. The molecule has 0 spiro atoms. The van der Waals surface area contributed by atoms with Gasteiger partial charge in [-0.2, -0.15) is 4.98 Å². The Kier molecular flexibility index (Phi) is 5.61. The van der Waals surface area contributed by atoms with Crippen LogP contribution in [0.5, 0.6) is 0 Å². The van der Waals surface area contributed by atoms with E-state index >= 15 is 0 Å². The number of nitrogens with zero attached hydrogens (tertiary/aromatic N) is 4. The Labute approximate surface area is 175 Å². The van der Waals surface area contributed by atoms with Gasteiger partial charge in [-0.3, -0.25) is 9.20 Å². The number of aromatic nitrogens is 4. The molecule has 1 aromatic carbocycles. The summed E-state index contributed by atoms with van der Waals surface area (Å²) in [6.45, 7) is 6.05. The van der Waals surface area contributed by atoms with Crippen LogP contribution in [0.1, 0.15) is 49.9 Å². The highest BCUT2D eigenvalue weighted by Gasteiger charge is 2.17. The Morgan fingerprint density at radius 3 is 2.67 bits per heavy atom. The van der Waals surface area contributed by atoms with Crippen LogP contribution in [0, 0.1) is 6.92 Å². The number of benzene rings is 1. The minimum atomic E-state index is -0.0703. The fourth-order valence-corrected chi connectivity index (χ4v) is 3.32. The first-order chi connectivity index (χ1) is 14.5. The van der Waals surface area contributed by atoms with Gasteiger partial charge in [0, 0.05) is 30.5 Å². The molecule has 3 aromatic heterocycles. The molecule has 0 fully saturated rings. The highest BCUT2D eigenvalue weighted by atomic mass is 16.5. The Bertz CT molecular complexity index is 1160. The van der Waals surface area contributed by atoms with Crippen LogP contribution in [-0.2, 0) is 11.2 Å². The molecule has 0 aliphatic heterocycles. The standard InChI is InChI=1S/C23H25N5O2/c1-15(2)21-25-19(30-27-21)13-7-12-18(29)24-23-20(17-10-5-4-6-11-17)26-22-16(3)9-8-14-28(22)23/h4-6,8-11,14-15H,7,12-13H2,1-3H3,(H,24,29). The number of fused-ring (bicyclic) bond motifs is 1. The number of imidazole rings is 1. The summed E-state index contributed by atoms with van der Waals surface area (Å²) in [6.07, 6.45) is 3.48. The Morgan fingerprint density at radius 2 is 1.93 bits per heavy atom. The fourth-order valence-electron chi connectivity index (χ4n) is 3.32. The summed E-state index contributed by atoms with van der Waals surface area (Å²) in [5, 5.41) is 7.03. The summed E-state index contributed by atoms with van der Waals surface area (Å²) in [5.74, 6) is 2.11. The van der Waals surface area contributed by atoms with Gasteiger partial charge in [0.1, 0.15) is 17.2 Å². The van der Waals surface area contributed by atoms with Gasteiger partial charge in [-0.05, 0) is 25.0 Å². The molecule has 154 valence electrons. The van der Waals surface area contributed by atoms with Crippen LogP contribution in [0.3, 0.4) is 0 Å². The van der Waals surface area contributed by atoms with E-state index in [1.54, 1.807) is 0 Å². The number of anilines is 1. The maximum Gasteiger partial charge on any atom is 0.226 e. The highest BCUT2D eigenvalue weighted by molar-refractivity contribution is 5.94. The Balaban J connectivity index is 1.51. The predicted molar refractivity (Wildman–Crippen MR) is 115 cm³/mol. The van der Waals surface area contributed by atoms with Crippen LogP contribution in [0.2, 0.25) is 0 Å². The van der Waals surface area contributed by atoms with Gasteiger partial charge in [0.05, 0.1) is 0 Å². The molecule has 7 nitrogen and oxygen atoms in total. The second kappa shape index (κ2) is 8.49. The predicted octanol–water partition coefficient (Wildman–Crippen LogP) is 4.78. The molecule has 0 saturated carbocycles. The smallest absolute Gasteiger partial charge is 0.226 e. The topological polar surface area (TPSA) is 85.3 Å². The first-order valence-corrected chi connectivity index (χ1v) is 10.2. The van der Waals surface area contributed by atoms with Crippen molar-refractivity contribution in [3.8, 4) is 11.3 Å². The largest absolute Gasteiger partial charge is 0.339 e. The molecule has 1 N–H and O–H groups in total. The van der Waals surface area contributed by atoms with E-state index in [4.69, 9.17) is 9.51 Å². The van der Waals surface area contributed by atoms with Crippen LogP contribution < -0.4 is 5.32 Å². The lowest BCUT2D eigenvalue weighted by Gasteiger charge is -2.08. The van der Waals surface area contributed by atoms with E-state index in [9.17, 15) is 4.79 Å². The van der Waals surface area contributed by atoms with Crippen molar-refractivity contribution in [3.63, 3.8) is 0 Å². The number of rotatable bonds is 7. The molecule has 0 bridgehead atoms. The van der Waals surface area contributed by atoms with E-state index in [1.165, 1.54) is 0 Å². The quantitative estimate of drug-likeness (QED) is 0.480. The number of carbonyl (C=O) groups excluding carboxylic acids is 1. The molecule has 0 aliphatic rings. The average molecular weight is 403 g/mol. The molecule has 0 unspecified atom stereocenters. The molecular formula is C23H25N5O2. The lowest BCUT2D eigenvalue weighted by molar-refractivity contribution is -0.116. The number of nitrogens with one attached hydrogen (secondary N) is 1. The average Bonchev–Trinajstić information content (AvgIpc) is 3.35. The van der Waals surface area contributed by atoms with Gasteiger partial charge in [-0.25, -0.2) is 4.98 Å². The van der Waals surface area contributed by atoms with E-state index in [0.717, 1.165) is 22.5 Å². The van der Waals surface area contributed by atoms with Gasteiger partial charge in [-0.1, -0.05) is 55.4 Å². The number of hydrogen-bond donors (Lipinski definition) is 1. The van der Waals surface area contributed by atoms with Crippen LogP contribution in [0.25, 0.3) is 16.9 Å². The van der Waals surface area contributed by atoms with Crippen molar-refractivity contribution in [2.45, 2.75) is 46.0 Å². The normalized spacial score (nSPS) is 11.3. The summed E-state index contributed by atoms with van der Waals surface area (Å²) in [7, 11) is 0. The molecule has 30 heavy (non-hydrogen) atoms. The Hall–Kier alpha value is -3.48. The van der Waals surface area contributed by atoms with Crippen LogP contribution in [-0.4, -0.2) is 25.4 Å². The second-order valence-corrected chi connectivity index (χ2v) is 7.66. The van der Waals surface area contributed by atoms with Crippen LogP contribution in [0.4, 0.5) is 5.82 Å². The highest BCUT2D eigenvalue weighted by Crippen LogP contribution is 2.30. The van der Waals surface area contributed by atoms with E-state index in [2.05, 4.69) is 15.5 Å². The van der Waals surface area contributed by atoms with Gasteiger partial charge in [0.2, 0.25) is 11.8 Å². The minimum Gasteiger partial charge on any atom is -0.339 e. The monoisotopic (exact) mass is 403 g/mol. The zero-order valence-corrected chi connectivity index (χ0v) is 17.4. The van der Waals surface area contributed by atoms with Crippen molar-refractivity contribution < 1.29 is 9.32 Å². The number of hydrogen-bond acceptors (Lipinski definition) is 5. The molecule has 0 saturated heterocycles. The molecule has 4 rings (SSSR count).